The second-order valence-electron chi connectivity index (χ2n) is 5.02. The van der Waals surface area contributed by atoms with Gasteiger partial charge in [-0.15, -0.1) is 0 Å². The first-order valence-corrected chi connectivity index (χ1v) is 6.83. The van der Waals surface area contributed by atoms with Crippen LogP contribution < -0.4 is 0 Å². The van der Waals surface area contributed by atoms with Crippen LogP contribution in [0.15, 0.2) is 30.3 Å². The third-order valence-electron chi connectivity index (χ3n) is 3.65. The van der Waals surface area contributed by atoms with Gasteiger partial charge in [-0.3, -0.25) is 9.69 Å². The molecule has 0 N–H and O–H groups in total. The van der Waals surface area contributed by atoms with E-state index >= 15 is 0 Å². The molecule has 5 heteroatoms. The maximum atomic E-state index is 12.4. The Morgan fingerprint density at radius 3 is 2.60 bits per heavy atom. The first-order chi connectivity index (χ1) is 9.54. The van der Waals surface area contributed by atoms with Crippen molar-refractivity contribution in [1.82, 2.24) is 9.96 Å². The molecule has 0 bridgehead atoms. The van der Waals surface area contributed by atoms with Gasteiger partial charge in [0.05, 0.1) is 6.04 Å². The van der Waals surface area contributed by atoms with Gasteiger partial charge in [0.2, 0.25) is 0 Å². The largest absolute Gasteiger partial charge is 0.337 e. The molecule has 0 aliphatic carbocycles. The number of likely N-dealkylation sites (N-methyl/N-ethyl adjacent to an activating group) is 1. The summed E-state index contributed by atoms with van der Waals surface area (Å²) in [5.74, 6) is -0.578. The first kappa shape index (κ1) is 14.5. The van der Waals surface area contributed by atoms with Gasteiger partial charge in [0, 0.05) is 13.0 Å². The fourth-order valence-corrected chi connectivity index (χ4v) is 2.23. The van der Waals surface area contributed by atoms with Crippen LogP contribution in [0.2, 0.25) is 0 Å². The number of benzene rings is 1. The second-order valence-corrected chi connectivity index (χ2v) is 5.02. The Kier molecular flexibility index (Phi) is 4.39. The highest BCUT2D eigenvalue weighted by molar-refractivity contribution is 5.83. The van der Waals surface area contributed by atoms with E-state index in [1.54, 1.807) is 6.92 Å². The number of piperazine rings is 1. The van der Waals surface area contributed by atoms with Crippen molar-refractivity contribution in [2.45, 2.75) is 32.4 Å². The summed E-state index contributed by atoms with van der Waals surface area (Å²) in [4.78, 5) is 31.2. The Bertz CT molecular complexity index is 489. The summed E-state index contributed by atoms with van der Waals surface area (Å²) in [6.45, 7) is 4.16. The van der Waals surface area contributed by atoms with Gasteiger partial charge in [-0.1, -0.05) is 37.3 Å². The lowest BCUT2D eigenvalue weighted by Crippen LogP contribution is -2.56. The van der Waals surface area contributed by atoms with Crippen molar-refractivity contribution in [2.75, 3.05) is 13.6 Å². The molecule has 0 radical (unpaired) electrons. The molecule has 1 aliphatic heterocycles. The van der Waals surface area contributed by atoms with Gasteiger partial charge in [0.1, 0.15) is 6.04 Å². The number of amides is 1. The molecule has 1 saturated heterocycles. The Hall–Kier alpha value is -1.88. The van der Waals surface area contributed by atoms with E-state index in [1.807, 2.05) is 49.2 Å². The number of rotatable bonds is 3. The van der Waals surface area contributed by atoms with Crippen LogP contribution in [0.5, 0.6) is 0 Å². The predicted octanol–water partition coefficient (Wildman–Crippen LogP) is 1.76. The zero-order valence-corrected chi connectivity index (χ0v) is 12.1. The minimum absolute atomic E-state index is 0.186. The summed E-state index contributed by atoms with van der Waals surface area (Å²) < 4.78 is 0. The van der Waals surface area contributed by atoms with Crippen molar-refractivity contribution >= 4 is 11.9 Å². The molecule has 1 heterocycles. The van der Waals surface area contributed by atoms with Crippen molar-refractivity contribution in [3.63, 3.8) is 0 Å². The number of hydroxylamine groups is 2. The fourth-order valence-electron chi connectivity index (χ4n) is 2.23. The van der Waals surface area contributed by atoms with E-state index in [1.165, 1.54) is 5.06 Å². The summed E-state index contributed by atoms with van der Waals surface area (Å²) in [6.07, 6.45) is 0.246. The summed E-state index contributed by atoms with van der Waals surface area (Å²) >= 11 is 0. The van der Waals surface area contributed by atoms with Crippen LogP contribution in [0, 0.1) is 0 Å². The SMILES string of the molecule is CCC(=O)ON1C(=O)[C@@H](C)N(C)CC1c1ccccc1. The molecule has 1 aromatic rings. The Morgan fingerprint density at radius 2 is 2.00 bits per heavy atom. The average molecular weight is 276 g/mol. The zero-order valence-electron chi connectivity index (χ0n) is 12.1. The molecule has 1 amide bonds. The van der Waals surface area contributed by atoms with Gasteiger partial charge in [-0.05, 0) is 19.5 Å². The van der Waals surface area contributed by atoms with Gasteiger partial charge in [-0.25, -0.2) is 4.79 Å². The molecule has 0 saturated carbocycles. The summed E-state index contributed by atoms with van der Waals surface area (Å²) in [6, 6.07) is 9.07. The predicted molar refractivity (Wildman–Crippen MR) is 74.5 cm³/mol. The first-order valence-electron chi connectivity index (χ1n) is 6.83. The molecule has 0 spiro atoms. The summed E-state index contributed by atoms with van der Waals surface area (Å²) in [5.41, 5.74) is 0.962. The number of nitrogens with zero attached hydrogens (tertiary/aromatic N) is 2. The molecule has 20 heavy (non-hydrogen) atoms. The Balaban J connectivity index is 2.30. The average Bonchev–Trinajstić information content (AvgIpc) is 2.48. The molecule has 1 fully saturated rings. The maximum Gasteiger partial charge on any atom is 0.332 e. The topological polar surface area (TPSA) is 49.9 Å². The highest BCUT2D eigenvalue weighted by atomic mass is 16.7. The molecular formula is C15H20N2O3. The van der Waals surface area contributed by atoms with E-state index in [2.05, 4.69) is 0 Å². The normalized spacial score (nSPS) is 23.8. The molecule has 1 aliphatic rings. The van der Waals surface area contributed by atoms with Crippen LogP contribution >= 0.6 is 0 Å². The van der Waals surface area contributed by atoms with Crippen molar-refractivity contribution in [2.24, 2.45) is 0 Å². The van der Waals surface area contributed by atoms with Gasteiger partial charge in [0.25, 0.3) is 5.91 Å². The van der Waals surface area contributed by atoms with Gasteiger partial charge in [0.15, 0.2) is 0 Å². The number of carbonyl (C=O) groups is 2. The smallest absolute Gasteiger partial charge is 0.332 e. The van der Waals surface area contributed by atoms with E-state index in [4.69, 9.17) is 4.84 Å². The molecule has 1 unspecified atom stereocenters. The third kappa shape index (κ3) is 2.82. The number of carbonyl (C=O) groups excluding carboxylic acids is 2. The molecule has 5 nitrogen and oxygen atoms in total. The van der Waals surface area contributed by atoms with Crippen LogP contribution in [0.4, 0.5) is 0 Å². The van der Waals surface area contributed by atoms with E-state index in [-0.39, 0.29) is 24.4 Å². The van der Waals surface area contributed by atoms with Gasteiger partial charge >= 0.3 is 5.97 Å². The monoisotopic (exact) mass is 276 g/mol. The maximum absolute atomic E-state index is 12.4. The highest BCUT2D eigenvalue weighted by Crippen LogP contribution is 2.28. The van der Waals surface area contributed by atoms with E-state index in [9.17, 15) is 9.59 Å². The molecule has 2 rings (SSSR count). The molecule has 1 aromatic carbocycles. The van der Waals surface area contributed by atoms with Crippen molar-refractivity contribution in [3.05, 3.63) is 35.9 Å². The summed E-state index contributed by atoms with van der Waals surface area (Å²) in [7, 11) is 1.90. The standard InChI is InChI=1S/C15H20N2O3/c1-4-14(18)20-17-13(12-8-6-5-7-9-12)10-16(3)11(2)15(17)19/h5-9,11,13H,4,10H2,1-3H3/t11-,13?/m1/s1. The third-order valence-corrected chi connectivity index (χ3v) is 3.65. The molecule has 0 aromatic heterocycles. The van der Waals surface area contributed by atoms with Crippen molar-refractivity contribution in [3.8, 4) is 0 Å². The van der Waals surface area contributed by atoms with E-state index in [0.29, 0.717) is 6.54 Å². The molecular weight excluding hydrogens is 256 g/mol. The van der Waals surface area contributed by atoms with Crippen LogP contribution in [-0.2, 0) is 14.4 Å². The van der Waals surface area contributed by atoms with Gasteiger partial charge in [-0.2, -0.15) is 5.06 Å². The number of hydrogen-bond acceptors (Lipinski definition) is 4. The summed E-state index contributed by atoms with van der Waals surface area (Å²) in [5, 5.41) is 1.24. The van der Waals surface area contributed by atoms with E-state index in [0.717, 1.165) is 5.56 Å². The fraction of sp³-hybridized carbons (Fsp3) is 0.467. The second kappa shape index (κ2) is 6.05. The van der Waals surface area contributed by atoms with E-state index < -0.39 is 5.97 Å². The lowest BCUT2D eigenvalue weighted by atomic mass is 10.0. The highest BCUT2D eigenvalue weighted by Gasteiger charge is 2.39. The Morgan fingerprint density at radius 1 is 1.35 bits per heavy atom. The molecule has 108 valence electrons. The lowest BCUT2D eigenvalue weighted by molar-refractivity contribution is -0.219. The Labute approximate surface area is 119 Å². The molecule has 2 atom stereocenters. The van der Waals surface area contributed by atoms with Crippen LogP contribution in [0.3, 0.4) is 0 Å². The van der Waals surface area contributed by atoms with Crippen LogP contribution in [-0.4, -0.2) is 41.5 Å². The van der Waals surface area contributed by atoms with Gasteiger partial charge < -0.3 is 4.84 Å². The van der Waals surface area contributed by atoms with Crippen molar-refractivity contribution in [1.29, 1.82) is 0 Å². The van der Waals surface area contributed by atoms with Crippen molar-refractivity contribution < 1.29 is 14.4 Å². The number of hydrogen-bond donors (Lipinski definition) is 0. The van der Waals surface area contributed by atoms with Crippen LogP contribution in [0.1, 0.15) is 31.9 Å². The minimum atomic E-state index is -0.393. The quantitative estimate of drug-likeness (QED) is 0.844. The zero-order chi connectivity index (χ0) is 14.7. The lowest BCUT2D eigenvalue weighted by Gasteiger charge is -2.41. The van der Waals surface area contributed by atoms with Crippen LogP contribution in [0.25, 0.3) is 0 Å². The minimum Gasteiger partial charge on any atom is -0.337 e.